The third-order valence-corrected chi connectivity index (χ3v) is 4.34. The van der Waals surface area contributed by atoms with Crippen molar-refractivity contribution in [1.29, 1.82) is 0 Å². The number of hydrogen-bond acceptors (Lipinski definition) is 5. The van der Waals surface area contributed by atoms with Crippen molar-refractivity contribution in [2.75, 3.05) is 31.2 Å². The number of aryl methyl sites for hydroxylation is 2. The Morgan fingerprint density at radius 2 is 2.00 bits per heavy atom. The molecule has 20 heavy (non-hydrogen) atoms. The summed E-state index contributed by atoms with van der Waals surface area (Å²) >= 11 is 0. The van der Waals surface area contributed by atoms with Gasteiger partial charge in [-0.25, -0.2) is 22.7 Å². The average Bonchev–Trinajstić information content (AvgIpc) is 2.36. The van der Waals surface area contributed by atoms with Crippen LogP contribution in [0.5, 0.6) is 0 Å². The van der Waals surface area contributed by atoms with E-state index in [9.17, 15) is 8.42 Å². The summed E-state index contributed by atoms with van der Waals surface area (Å²) in [5.41, 5.74) is 1.01. The zero-order valence-corrected chi connectivity index (χ0v) is 13.5. The number of anilines is 1. The molecule has 0 fully saturated rings. The number of nitrogens with zero attached hydrogens (tertiary/aromatic N) is 3. The minimum atomic E-state index is -3.10. The minimum absolute atomic E-state index is 0.505. The summed E-state index contributed by atoms with van der Waals surface area (Å²) in [7, 11) is -3.10. The zero-order chi connectivity index (χ0) is 15.2. The van der Waals surface area contributed by atoms with Crippen molar-refractivity contribution in [3.8, 4) is 0 Å². The molecule has 114 valence electrons. The van der Waals surface area contributed by atoms with Gasteiger partial charge in [-0.2, -0.15) is 0 Å². The van der Waals surface area contributed by atoms with Gasteiger partial charge < -0.3 is 5.32 Å². The fraction of sp³-hybridized carbons (Fsp3) is 0.692. The molecule has 1 rings (SSSR count). The molecule has 1 aromatic rings. The van der Waals surface area contributed by atoms with Crippen LogP contribution >= 0.6 is 0 Å². The molecule has 0 radical (unpaired) electrons. The zero-order valence-electron chi connectivity index (χ0n) is 12.7. The summed E-state index contributed by atoms with van der Waals surface area (Å²) in [6.45, 7) is 7.48. The maximum Gasteiger partial charge on any atom is 0.211 e. The van der Waals surface area contributed by atoms with E-state index in [4.69, 9.17) is 0 Å². The second-order valence-electron chi connectivity index (χ2n) is 4.68. The highest BCUT2D eigenvalue weighted by Gasteiger charge is 2.13. The van der Waals surface area contributed by atoms with Crippen LogP contribution in [0.3, 0.4) is 0 Å². The van der Waals surface area contributed by atoms with E-state index in [2.05, 4.69) is 22.2 Å². The summed E-state index contributed by atoms with van der Waals surface area (Å²) in [5.74, 6) is 1.55. The smallest absolute Gasteiger partial charge is 0.211 e. The lowest BCUT2D eigenvalue weighted by Gasteiger charge is -2.17. The largest absolute Gasteiger partial charge is 0.370 e. The first-order valence-electron chi connectivity index (χ1n) is 6.90. The van der Waals surface area contributed by atoms with Crippen molar-refractivity contribution in [2.45, 2.75) is 33.6 Å². The van der Waals surface area contributed by atoms with E-state index < -0.39 is 10.0 Å². The van der Waals surface area contributed by atoms with Crippen molar-refractivity contribution in [3.05, 3.63) is 17.6 Å². The van der Waals surface area contributed by atoms with Crippen LogP contribution in [0.25, 0.3) is 0 Å². The Balaban J connectivity index is 2.47. The van der Waals surface area contributed by atoms with Gasteiger partial charge in [0, 0.05) is 31.4 Å². The lowest BCUT2D eigenvalue weighted by atomic mass is 10.3. The van der Waals surface area contributed by atoms with Crippen LogP contribution in [0.1, 0.15) is 31.8 Å². The molecule has 0 unspecified atom stereocenters. The van der Waals surface area contributed by atoms with Crippen LogP contribution in [-0.2, 0) is 16.4 Å². The van der Waals surface area contributed by atoms with Gasteiger partial charge in [0.1, 0.15) is 11.6 Å². The van der Waals surface area contributed by atoms with Gasteiger partial charge in [-0.05, 0) is 19.8 Å². The van der Waals surface area contributed by atoms with Gasteiger partial charge in [0.15, 0.2) is 0 Å². The van der Waals surface area contributed by atoms with Crippen LogP contribution in [0, 0.1) is 6.92 Å². The van der Waals surface area contributed by atoms with Crippen LogP contribution in [0.15, 0.2) is 6.07 Å². The number of nitrogens with one attached hydrogen (secondary N) is 1. The Morgan fingerprint density at radius 1 is 1.30 bits per heavy atom. The lowest BCUT2D eigenvalue weighted by Crippen LogP contribution is -2.31. The molecule has 0 aliphatic heterocycles. The minimum Gasteiger partial charge on any atom is -0.370 e. The Labute approximate surface area is 121 Å². The molecule has 0 bridgehead atoms. The molecular formula is C13H24N4O2S. The Kier molecular flexibility index (Phi) is 6.35. The third-order valence-electron chi connectivity index (χ3n) is 2.97. The molecule has 0 amide bonds. The highest BCUT2D eigenvalue weighted by atomic mass is 32.2. The van der Waals surface area contributed by atoms with Gasteiger partial charge >= 0.3 is 0 Å². The van der Waals surface area contributed by atoms with E-state index in [1.807, 2.05) is 19.9 Å². The van der Waals surface area contributed by atoms with Crippen molar-refractivity contribution in [2.24, 2.45) is 0 Å². The first-order valence-corrected chi connectivity index (χ1v) is 8.75. The molecular weight excluding hydrogens is 276 g/mol. The van der Waals surface area contributed by atoms with E-state index in [0.29, 0.717) is 19.6 Å². The maximum absolute atomic E-state index is 11.4. The second kappa shape index (κ2) is 7.54. The topological polar surface area (TPSA) is 75.2 Å². The Hall–Kier alpha value is -1.21. The van der Waals surface area contributed by atoms with Gasteiger partial charge in [0.2, 0.25) is 10.0 Å². The summed E-state index contributed by atoms with van der Waals surface area (Å²) < 4.78 is 24.3. The number of rotatable bonds is 8. The Morgan fingerprint density at radius 3 is 2.55 bits per heavy atom. The van der Waals surface area contributed by atoms with Crippen molar-refractivity contribution >= 4 is 15.8 Å². The third kappa shape index (κ3) is 5.42. The first kappa shape index (κ1) is 16.8. The molecule has 6 nitrogen and oxygen atoms in total. The molecule has 1 aromatic heterocycles. The second-order valence-corrected chi connectivity index (χ2v) is 6.66. The first-order chi connectivity index (χ1) is 9.36. The summed E-state index contributed by atoms with van der Waals surface area (Å²) in [6.07, 6.45) is 2.85. The quantitative estimate of drug-likeness (QED) is 0.735. The molecule has 0 saturated heterocycles. The molecule has 1 heterocycles. The molecule has 0 aliphatic carbocycles. The van der Waals surface area contributed by atoms with Gasteiger partial charge in [-0.1, -0.05) is 13.8 Å². The van der Waals surface area contributed by atoms with Crippen LogP contribution in [0.4, 0.5) is 5.82 Å². The van der Waals surface area contributed by atoms with E-state index in [0.717, 1.165) is 30.2 Å². The van der Waals surface area contributed by atoms with Crippen molar-refractivity contribution in [3.63, 3.8) is 0 Å². The van der Waals surface area contributed by atoms with Gasteiger partial charge in [-0.3, -0.25) is 0 Å². The summed E-state index contributed by atoms with van der Waals surface area (Å²) in [5, 5.41) is 3.22. The van der Waals surface area contributed by atoms with E-state index in [1.165, 1.54) is 10.6 Å². The molecule has 0 aliphatic rings. The maximum atomic E-state index is 11.4. The fourth-order valence-electron chi connectivity index (χ4n) is 1.93. The number of hydrogen-bond donors (Lipinski definition) is 1. The summed E-state index contributed by atoms with van der Waals surface area (Å²) in [4.78, 5) is 8.63. The molecule has 0 atom stereocenters. The Bertz CT molecular complexity index is 531. The predicted molar refractivity (Wildman–Crippen MR) is 81.3 cm³/mol. The lowest BCUT2D eigenvalue weighted by molar-refractivity contribution is 0.428. The molecule has 0 saturated carbocycles. The highest BCUT2D eigenvalue weighted by molar-refractivity contribution is 7.88. The van der Waals surface area contributed by atoms with Crippen LogP contribution in [-0.4, -0.2) is 48.6 Å². The molecule has 0 spiro atoms. The van der Waals surface area contributed by atoms with Crippen LogP contribution in [0.2, 0.25) is 0 Å². The number of sulfonamides is 1. The van der Waals surface area contributed by atoms with Crippen LogP contribution < -0.4 is 5.32 Å². The summed E-state index contributed by atoms with van der Waals surface area (Å²) in [6, 6.07) is 1.93. The standard InChI is InChI=1S/C13H24N4O2S/c1-5-12-10-13(16-11(3)15-12)14-8-7-9-17(6-2)20(4,18)19/h10H,5-9H2,1-4H3,(H,14,15,16). The average molecular weight is 300 g/mol. The van der Waals surface area contributed by atoms with Gasteiger partial charge in [0.25, 0.3) is 0 Å². The van der Waals surface area contributed by atoms with Gasteiger partial charge in [0.05, 0.1) is 6.26 Å². The fourth-order valence-corrected chi connectivity index (χ4v) is 2.86. The predicted octanol–water partition coefficient (Wildman–Crippen LogP) is 1.43. The monoisotopic (exact) mass is 300 g/mol. The van der Waals surface area contributed by atoms with Crippen molar-refractivity contribution in [1.82, 2.24) is 14.3 Å². The van der Waals surface area contributed by atoms with E-state index in [-0.39, 0.29) is 0 Å². The molecule has 7 heteroatoms. The molecule has 1 N–H and O–H groups in total. The van der Waals surface area contributed by atoms with E-state index in [1.54, 1.807) is 0 Å². The van der Waals surface area contributed by atoms with Crippen molar-refractivity contribution < 1.29 is 8.42 Å². The van der Waals surface area contributed by atoms with Gasteiger partial charge in [-0.15, -0.1) is 0 Å². The molecule has 0 aromatic carbocycles. The SMILES string of the molecule is CCc1cc(NCCCN(CC)S(C)(=O)=O)nc(C)n1. The highest BCUT2D eigenvalue weighted by Crippen LogP contribution is 2.07. The normalized spacial score (nSPS) is 11.8. The van der Waals surface area contributed by atoms with E-state index >= 15 is 0 Å². The number of aromatic nitrogens is 2.